The smallest absolute Gasteiger partial charge is 0.256 e. The first-order chi connectivity index (χ1) is 13.0. The summed E-state index contributed by atoms with van der Waals surface area (Å²) >= 11 is 0. The van der Waals surface area contributed by atoms with Gasteiger partial charge in [0.05, 0.1) is 17.0 Å². The van der Waals surface area contributed by atoms with Crippen LogP contribution in [0.3, 0.4) is 0 Å². The van der Waals surface area contributed by atoms with E-state index in [2.05, 4.69) is 20.4 Å². The third kappa shape index (κ3) is 3.17. The number of nitrogens with one attached hydrogen (secondary N) is 1. The molecule has 0 bridgehead atoms. The quantitative estimate of drug-likeness (QED) is 0.585. The Balaban J connectivity index is 1.66. The maximum Gasteiger partial charge on any atom is 0.256 e. The molecule has 0 aliphatic rings. The van der Waals surface area contributed by atoms with Crippen LogP contribution in [0, 0.1) is 20.8 Å². The van der Waals surface area contributed by atoms with E-state index in [1.165, 1.54) is 0 Å². The Morgan fingerprint density at radius 1 is 1.04 bits per heavy atom. The molecule has 3 heterocycles. The van der Waals surface area contributed by atoms with Crippen LogP contribution in [0.4, 0.5) is 5.82 Å². The van der Waals surface area contributed by atoms with Crippen LogP contribution >= 0.6 is 0 Å². The van der Waals surface area contributed by atoms with Crippen LogP contribution in [0.5, 0.6) is 0 Å². The third-order valence-corrected chi connectivity index (χ3v) is 4.51. The van der Waals surface area contributed by atoms with Gasteiger partial charge >= 0.3 is 0 Å². The molecular weight excluding hydrogens is 340 g/mol. The minimum atomic E-state index is -0.213. The van der Waals surface area contributed by atoms with Gasteiger partial charge in [0.2, 0.25) is 0 Å². The van der Waals surface area contributed by atoms with Gasteiger partial charge in [0.15, 0.2) is 0 Å². The molecule has 0 radical (unpaired) electrons. The van der Waals surface area contributed by atoms with Gasteiger partial charge < -0.3 is 9.84 Å². The van der Waals surface area contributed by atoms with Crippen LogP contribution in [0.25, 0.3) is 22.0 Å². The molecule has 0 unspecified atom stereocenters. The Bertz CT molecular complexity index is 1140. The summed E-state index contributed by atoms with van der Waals surface area (Å²) in [5, 5.41) is 8.82. The normalized spacial score (nSPS) is 10.9. The Morgan fingerprint density at radius 3 is 2.67 bits per heavy atom. The van der Waals surface area contributed by atoms with Gasteiger partial charge in [-0.3, -0.25) is 9.78 Å². The average molecular weight is 358 g/mol. The molecule has 0 aliphatic carbocycles. The summed E-state index contributed by atoms with van der Waals surface area (Å²) in [7, 11) is 0. The molecule has 1 aromatic carbocycles. The van der Waals surface area contributed by atoms with Gasteiger partial charge in [-0.1, -0.05) is 17.3 Å². The summed E-state index contributed by atoms with van der Waals surface area (Å²) in [5.74, 6) is 0.972. The predicted molar refractivity (Wildman–Crippen MR) is 104 cm³/mol. The van der Waals surface area contributed by atoms with E-state index in [-0.39, 0.29) is 5.91 Å². The Labute approximate surface area is 156 Å². The van der Waals surface area contributed by atoms with Gasteiger partial charge in [-0.25, -0.2) is 4.98 Å². The lowest BCUT2D eigenvalue weighted by Crippen LogP contribution is -2.13. The maximum absolute atomic E-state index is 12.7. The van der Waals surface area contributed by atoms with Crippen molar-refractivity contribution in [1.82, 2.24) is 15.1 Å². The average Bonchev–Trinajstić information content (AvgIpc) is 3.01. The van der Waals surface area contributed by atoms with Crippen LogP contribution < -0.4 is 5.32 Å². The summed E-state index contributed by atoms with van der Waals surface area (Å²) < 4.78 is 5.25. The molecule has 0 aliphatic heterocycles. The van der Waals surface area contributed by atoms with Crippen LogP contribution in [0.15, 0.2) is 53.3 Å². The van der Waals surface area contributed by atoms with E-state index in [9.17, 15) is 4.79 Å². The first-order valence-corrected chi connectivity index (χ1v) is 8.59. The molecule has 4 aromatic rings. The van der Waals surface area contributed by atoms with E-state index in [4.69, 9.17) is 4.52 Å². The van der Waals surface area contributed by atoms with Crippen molar-refractivity contribution < 1.29 is 9.32 Å². The molecule has 6 heteroatoms. The monoisotopic (exact) mass is 358 g/mol. The second-order valence-corrected chi connectivity index (χ2v) is 6.45. The lowest BCUT2D eigenvalue weighted by Gasteiger charge is -2.09. The first kappa shape index (κ1) is 16.9. The summed E-state index contributed by atoms with van der Waals surface area (Å²) in [6.07, 6.45) is 3.48. The molecule has 134 valence electrons. The molecule has 0 saturated heterocycles. The SMILES string of the molecule is Cc1ccc(NC(=O)c2ccc3cnccc3c2)nc1-c1c(C)noc1C. The fourth-order valence-corrected chi connectivity index (χ4v) is 3.09. The molecule has 0 atom stereocenters. The van der Waals surface area contributed by atoms with Gasteiger partial charge in [-0.15, -0.1) is 0 Å². The van der Waals surface area contributed by atoms with Crippen molar-refractivity contribution in [2.24, 2.45) is 0 Å². The van der Waals surface area contributed by atoms with Gasteiger partial charge in [-0.2, -0.15) is 0 Å². The van der Waals surface area contributed by atoms with Crippen molar-refractivity contribution in [3.8, 4) is 11.3 Å². The summed E-state index contributed by atoms with van der Waals surface area (Å²) in [6.45, 7) is 5.70. The zero-order chi connectivity index (χ0) is 19.0. The second kappa shape index (κ2) is 6.64. The number of benzene rings is 1. The molecule has 1 N–H and O–H groups in total. The van der Waals surface area contributed by atoms with E-state index in [0.717, 1.165) is 33.3 Å². The van der Waals surface area contributed by atoms with Crippen molar-refractivity contribution in [2.75, 3.05) is 5.32 Å². The number of pyridine rings is 2. The molecule has 3 aromatic heterocycles. The van der Waals surface area contributed by atoms with Crippen molar-refractivity contribution in [3.63, 3.8) is 0 Å². The molecule has 0 saturated carbocycles. The molecule has 4 rings (SSSR count). The van der Waals surface area contributed by atoms with Crippen molar-refractivity contribution in [1.29, 1.82) is 0 Å². The van der Waals surface area contributed by atoms with Crippen molar-refractivity contribution >= 4 is 22.5 Å². The predicted octanol–water partition coefficient (Wildman–Crippen LogP) is 4.46. The second-order valence-electron chi connectivity index (χ2n) is 6.45. The number of rotatable bonds is 3. The highest BCUT2D eigenvalue weighted by Gasteiger charge is 2.16. The number of carbonyl (C=O) groups is 1. The fraction of sp³-hybridized carbons (Fsp3) is 0.143. The summed E-state index contributed by atoms with van der Waals surface area (Å²) in [4.78, 5) is 21.4. The highest BCUT2D eigenvalue weighted by atomic mass is 16.5. The molecular formula is C21H18N4O2. The molecule has 1 amide bonds. The number of carbonyl (C=O) groups excluding carboxylic acids is 1. The zero-order valence-corrected chi connectivity index (χ0v) is 15.3. The maximum atomic E-state index is 12.7. The standard InChI is InChI=1S/C21H18N4O2/c1-12-4-7-18(23-20(12)19-13(2)25-27-14(19)3)24-21(26)16-5-6-17-11-22-9-8-15(17)10-16/h4-11H,1-3H3,(H,23,24,26). The minimum absolute atomic E-state index is 0.213. The van der Waals surface area contributed by atoms with E-state index in [0.29, 0.717) is 17.1 Å². The lowest BCUT2D eigenvalue weighted by molar-refractivity contribution is 0.102. The Hall–Kier alpha value is -3.54. The number of fused-ring (bicyclic) bond motifs is 1. The van der Waals surface area contributed by atoms with Gasteiger partial charge in [-0.05, 0) is 56.0 Å². The van der Waals surface area contributed by atoms with Crippen molar-refractivity contribution in [3.05, 3.63) is 71.4 Å². The van der Waals surface area contributed by atoms with Gasteiger partial charge in [0.1, 0.15) is 11.6 Å². The number of aryl methyl sites for hydroxylation is 3. The number of hydrogen-bond acceptors (Lipinski definition) is 5. The van der Waals surface area contributed by atoms with Crippen LogP contribution in [0.1, 0.15) is 27.4 Å². The highest BCUT2D eigenvalue weighted by molar-refractivity contribution is 6.06. The fourth-order valence-electron chi connectivity index (χ4n) is 3.09. The number of anilines is 1. The lowest BCUT2D eigenvalue weighted by atomic mass is 10.1. The highest BCUT2D eigenvalue weighted by Crippen LogP contribution is 2.29. The summed E-state index contributed by atoms with van der Waals surface area (Å²) in [6, 6.07) is 11.1. The van der Waals surface area contributed by atoms with E-state index < -0.39 is 0 Å². The molecule has 0 spiro atoms. The van der Waals surface area contributed by atoms with E-state index >= 15 is 0 Å². The molecule has 0 fully saturated rings. The summed E-state index contributed by atoms with van der Waals surface area (Å²) in [5.41, 5.74) is 3.95. The van der Waals surface area contributed by atoms with Crippen LogP contribution in [-0.2, 0) is 0 Å². The van der Waals surface area contributed by atoms with Crippen LogP contribution in [-0.4, -0.2) is 21.0 Å². The largest absolute Gasteiger partial charge is 0.361 e. The van der Waals surface area contributed by atoms with Gasteiger partial charge in [0.25, 0.3) is 5.91 Å². The van der Waals surface area contributed by atoms with E-state index in [1.807, 2.05) is 45.0 Å². The molecule has 27 heavy (non-hydrogen) atoms. The first-order valence-electron chi connectivity index (χ1n) is 8.59. The van der Waals surface area contributed by atoms with Crippen molar-refractivity contribution in [2.45, 2.75) is 20.8 Å². The minimum Gasteiger partial charge on any atom is -0.361 e. The number of nitrogens with zero attached hydrogens (tertiary/aromatic N) is 3. The zero-order valence-electron chi connectivity index (χ0n) is 15.3. The Kier molecular flexibility index (Phi) is 4.16. The number of hydrogen-bond donors (Lipinski definition) is 1. The van der Waals surface area contributed by atoms with Crippen LogP contribution in [0.2, 0.25) is 0 Å². The van der Waals surface area contributed by atoms with E-state index in [1.54, 1.807) is 24.5 Å². The Morgan fingerprint density at radius 2 is 1.89 bits per heavy atom. The van der Waals surface area contributed by atoms with Gasteiger partial charge in [0, 0.05) is 23.3 Å². The topological polar surface area (TPSA) is 80.9 Å². The molecule has 6 nitrogen and oxygen atoms in total. The number of aromatic nitrogens is 3. The third-order valence-electron chi connectivity index (χ3n) is 4.51. The number of amides is 1.